The third-order valence-corrected chi connectivity index (χ3v) is 3.62. The maximum absolute atomic E-state index is 10.4. The van der Waals surface area contributed by atoms with E-state index in [0.29, 0.717) is 12.4 Å². The molecule has 2 rings (SSSR count). The van der Waals surface area contributed by atoms with Crippen LogP contribution in [0.5, 0.6) is 0 Å². The van der Waals surface area contributed by atoms with Crippen molar-refractivity contribution < 1.29 is 5.11 Å². The van der Waals surface area contributed by atoms with Gasteiger partial charge in [0.1, 0.15) is 18.0 Å². The van der Waals surface area contributed by atoms with Gasteiger partial charge in [0.05, 0.1) is 5.60 Å². The van der Waals surface area contributed by atoms with Crippen molar-refractivity contribution in [1.29, 1.82) is 0 Å². The van der Waals surface area contributed by atoms with Gasteiger partial charge in [0.15, 0.2) is 0 Å². The molecule has 6 nitrogen and oxygen atoms in total. The van der Waals surface area contributed by atoms with E-state index in [1.54, 1.807) is 0 Å². The predicted octanol–water partition coefficient (Wildman–Crippen LogP) is 0.812. The number of nitrogens with zero attached hydrogens (tertiary/aromatic N) is 3. The fourth-order valence-electron chi connectivity index (χ4n) is 2.68. The zero-order chi connectivity index (χ0) is 13.2. The first kappa shape index (κ1) is 13.0. The molecule has 1 aliphatic carbocycles. The SMILES string of the molecule is Cc1c(NN)ncnc1N(C)CC1(O)CCCC1. The van der Waals surface area contributed by atoms with E-state index in [-0.39, 0.29) is 0 Å². The van der Waals surface area contributed by atoms with Crippen LogP contribution in [0.4, 0.5) is 11.6 Å². The number of nitrogens with two attached hydrogens (primary N) is 1. The summed E-state index contributed by atoms with van der Waals surface area (Å²) in [5, 5.41) is 10.4. The largest absolute Gasteiger partial charge is 0.388 e. The van der Waals surface area contributed by atoms with Crippen LogP contribution in [0.3, 0.4) is 0 Å². The summed E-state index contributed by atoms with van der Waals surface area (Å²) in [6.07, 6.45) is 5.41. The predicted molar refractivity (Wildman–Crippen MR) is 71.3 cm³/mol. The number of likely N-dealkylation sites (N-methyl/N-ethyl adjacent to an activating group) is 1. The lowest BCUT2D eigenvalue weighted by atomic mass is 10.0. The Kier molecular flexibility index (Phi) is 3.68. The number of nitrogens with one attached hydrogen (secondary N) is 1. The number of nitrogen functional groups attached to an aromatic ring is 1. The molecule has 1 saturated carbocycles. The average Bonchev–Trinajstić information content (AvgIpc) is 2.76. The average molecular weight is 251 g/mol. The van der Waals surface area contributed by atoms with E-state index in [0.717, 1.165) is 37.1 Å². The topological polar surface area (TPSA) is 87.3 Å². The Bertz CT molecular complexity index is 417. The van der Waals surface area contributed by atoms with Gasteiger partial charge in [-0.05, 0) is 19.8 Å². The number of anilines is 2. The molecular formula is C12H21N5O. The summed E-state index contributed by atoms with van der Waals surface area (Å²) < 4.78 is 0. The highest BCUT2D eigenvalue weighted by atomic mass is 16.3. The van der Waals surface area contributed by atoms with Crippen molar-refractivity contribution in [2.24, 2.45) is 5.84 Å². The van der Waals surface area contributed by atoms with Crippen molar-refractivity contribution in [3.05, 3.63) is 11.9 Å². The molecule has 1 aromatic heterocycles. The van der Waals surface area contributed by atoms with Crippen LogP contribution in [0.15, 0.2) is 6.33 Å². The summed E-state index contributed by atoms with van der Waals surface area (Å²) in [5.41, 5.74) is 2.87. The molecular weight excluding hydrogens is 230 g/mol. The standard InChI is InChI=1S/C12H21N5O/c1-9-10(16-13)14-8-15-11(9)17(2)7-12(18)5-3-4-6-12/h8,18H,3-7,13H2,1-2H3,(H,14,15,16). The fourth-order valence-corrected chi connectivity index (χ4v) is 2.68. The lowest BCUT2D eigenvalue weighted by Gasteiger charge is -2.30. The molecule has 18 heavy (non-hydrogen) atoms. The second-order valence-corrected chi connectivity index (χ2v) is 5.10. The van der Waals surface area contributed by atoms with Crippen molar-refractivity contribution in [1.82, 2.24) is 9.97 Å². The number of hydrogen-bond acceptors (Lipinski definition) is 6. The van der Waals surface area contributed by atoms with E-state index in [1.165, 1.54) is 6.33 Å². The number of hydrogen-bond donors (Lipinski definition) is 3. The van der Waals surface area contributed by atoms with E-state index in [9.17, 15) is 5.11 Å². The molecule has 0 aliphatic heterocycles. The van der Waals surface area contributed by atoms with Gasteiger partial charge in [-0.25, -0.2) is 15.8 Å². The van der Waals surface area contributed by atoms with Gasteiger partial charge in [0, 0.05) is 19.2 Å². The van der Waals surface area contributed by atoms with Crippen molar-refractivity contribution in [3.63, 3.8) is 0 Å². The molecule has 0 bridgehead atoms. The van der Waals surface area contributed by atoms with Crippen LogP contribution in [0, 0.1) is 6.92 Å². The molecule has 0 aromatic carbocycles. The minimum absolute atomic E-state index is 0.581. The number of hydrazine groups is 1. The van der Waals surface area contributed by atoms with Crippen LogP contribution in [0.1, 0.15) is 31.2 Å². The monoisotopic (exact) mass is 251 g/mol. The van der Waals surface area contributed by atoms with E-state index >= 15 is 0 Å². The van der Waals surface area contributed by atoms with Crippen LogP contribution in [-0.2, 0) is 0 Å². The second-order valence-electron chi connectivity index (χ2n) is 5.10. The zero-order valence-electron chi connectivity index (χ0n) is 11.0. The summed E-state index contributed by atoms with van der Waals surface area (Å²) >= 11 is 0. The lowest BCUT2D eigenvalue weighted by Crippen LogP contribution is -2.40. The van der Waals surface area contributed by atoms with E-state index in [2.05, 4.69) is 15.4 Å². The third-order valence-electron chi connectivity index (χ3n) is 3.62. The Morgan fingerprint density at radius 2 is 2.11 bits per heavy atom. The maximum Gasteiger partial charge on any atom is 0.148 e. The van der Waals surface area contributed by atoms with Gasteiger partial charge < -0.3 is 15.4 Å². The first-order chi connectivity index (χ1) is 8.56. The van der Waals surface area contributed by atoms with Gasteiger partial charge in [-0.15, -0.1) is 0 Å². The highest BCUT2D eigenvalue weighted by Crippen LogP contribution is 2.31. The summed E-state index contributed by atoms with van der Waals surface area (Å²) in [7, 11) is 1.94. The Morgan fingerprint density at radius 1 is 1.44 bits per heavy atom. The van der Waals surface area contributed by atoms with Crippen molar-refractivity contribution in [2.45, 2.75) is 38.2 Å². The van der Waals surface area contributed by atoms with Crippen LogP contribution in [-0.4, -0.2) is 34.3 Å². The van der Waals surface area contributed by atoms with Crippen LogP contribution >= 0.6 is 0 Å². The lowest BCUT2D eigenvalue weighted by molar-refractivity contribution is 0.0558. The number of aliphatic hydroxyl groups is 1. The molecule has 4 N–H and O–H groups in total. The molecule has 1 aliphatic rings. The van der Waals surface area contributed by atoms with E-state index in [4.69, 9.17) is 5.84 Å². The summed E-state index contributed by atoms with van der Waals surface area (Å²) in [6.45, 7) is 2.51. The quantitative estimate of drug-likeness (QED) is 0.542. The van der Waals surface area contributed by atoms with Crippen molar-refractivity contribution in [3.8, 4) is 0 Å². The summed E-state index contributed by atoms with van der Waals surface area (Å²) in [6, 6.07) is 0. The Labute approximate surface area is 107 Å². The Morgan fingerprint density at radius 3 is 2.72 bits per heavy atom. The van der Waals surface area contributed by atoms with Gasteiger partial charge >= 0.3 is 0 Å². The molecule has 100 valence electrons. The Hall–Kier alpha value is -1.40. The molecule has 1 heterocycles. The minimum Gasteiger partial charge on any atom is -0.388 e. The molecule has 1 fully saturated rings. The molecule has 0 amide bonds. The molecule has 0 spiro atoms. The molecule has 0 radical (unpaired) electrons. The van der Waals surface area contributed by atoms with E-state index < -0.39 is 5.60 Å². The molecule has 1 aromatic rings. The third kappa shape index (κ3) is 2.54. The summed E-state index contributed by atoms with van der Waals surface area (Å²) in [4.78, 5) is 10.3. The first-order valence-corrected chi connectivity index (χ1v) is 6.27. The normalized spacial score (nSPS) is 17.8. The van der Waals surface area contributed by atoms with Crippen molar-refractivity contribution >= 4 is 11.6 Å². The highest BCUT2D eigenvalue weighted by Gasteiger charge is 2.32. The summed E-state index contributed by atoms with van der Waals surface area (Å²) in [5.74, 6) is 6.82. The van der Waals surface area contributed by atoms with E-state index in [1.807, 2.05) is 18.9 Å². The minimum atomic E-state index is -0.581. The number of aromatic nitrogens is 2. The van der Waals surface area contributed by atoms with Crippen molar-refractivity contribution in [2.75, 3.05) is 23.9 Å². The molecule has 0 saturated heterocycles. The van der Waals surface area contributed by atoms with Gasteiger partial charge in [-0.2, -0.15) is 0 Å². The first-order valence-electron chi connectivity index (χ1n) is 6.27. The number of rotatable bonds is 4. The van der Waals surface area contributed by atoms with Crippen LogP contribution in [0.25, 0.3) is 0 Å². The second kappa shape index (κ2) is 5.07. The molecule has 0 unspecified atom stereocenters. The van der Waals surface area contributed by atoms with Gasteiger partial charge in [0.25, 0.3) is 0 Å². The smallest absolute Gasteiger partial charge is 0.148 e. The van der Waals surface area contributed by atoms with Crippen LogP contribution < -0.4 is 16.2 Å². The van der Waals surface area contributed by atoms with Gasteiger partial charge in [-0.1, -0.05) is 12.8 Å². The van der Waals surface area contributed by atoms with Gasteiger partial charge in [0.2, 0.25) is 0 Å². The van der Waals surface area contributed by atoms with Crippen LogP contribution in [0.2, 0.25) is 0 Å². The Balaban J connectivity index is 2.15. The maximum atomic E-state index is 10.4. The fraction of sp³-hybridized carbons (Fsp3) is 0.667. The highest BCUT2D eigenvalue weighted by molar-refractivity contribution is 5.57. The molecule has 0 atom stereocenters. The van der Waals surface area contributed by atoms with Gasteiger partial charge in [-0.3, -0.25) is 0 Å². The zero-order valence-corrected chi connectivity index (χ0v) is 11.0. The molecule has 6 heteroatoms.